The maximum absolute atomic E-state index is 13.3. The molecule has 25 heavy (non-hydrogen) atoms. The Kier molecular flexibility index (Phi) is 6.59. The molecule has 2 aromatic rings. The summed E-state index contributed by atoms with van der Waals surface area (Å²) >= 11 is 6.63. The zero-order valence-electron chi connectivity index (χ0n) is 13.2. The van der Waals surface area contributed by atoms with Gasteiger partial charge in [0, 0.05) is 23.6 Å². The van der Waals surface area contributed by atoms with Gasteiger partial charge in [0.05, 0.1) is 18.7 Å². The summed E-state index contributed by atoms with van der Waals surface area (Å²) in [6.07, 6.45) is 1.45. The lowest BCUT2D eigenvalue weighted by Gasteiger charge is -2.36. The van der Waals surface area contributed by atoms with Crippen molar-refractivity contribution in [2.75, 3.05) is 13.1 Å². The molecule has 2 N–H and O–H groups in total. The van der Waals surface area contributed by atoms with E-state index in [-0.39, 0.29) is 11.8 Å². The maximum Gasteiger partial charge on any atom is 0.340 e. The fraction of sp³-hybridized carbons (Fsp3) is 0.278. The van der Waals surface area contributed by atoms with E-state index in [0.717, 1.165) is 42.2 Å². The number of halogens is 4. The van der Waals surface area contributed by atoms with Crippen molar-refractivity contribution in [1.29, 1.82) is 0 Å². The van der Waals surface area contributed by atoms with Gasteiger partial charge in [0.1, 0.15) is 11.4 Å². The van der Waals surface area contributed by atoms with Crippen LogP contribution < -0.4 is 5.32 Å². The van der Waals surface area contributed by atoms with Crippen LogP contribution in [0.2, 0.25) is 0 Å². The molecule has 0 amide bonds. The van der Waals surface area contributed by atoms with Crippen LogP contribution in [0.1, 0.15) is 28.8 Å². The van der Waals surface area contributed by atoms with Crippen molar-refractivity contribution in [2.45, 2.75) is 18.4 Å². The summed E-state index contributed by atoms with van der Waals surface area (Å²) < 4.78 is 22.4. The zero-order valence-corrected chi connectivity index (χ0v) is 19.7. The topological polar surface area (TPSA) is 42.9 Å². The summed E-state index contributed by atoms with van der Waals surface area (Å²) in [7, 11) is 0. The molecule has 0 aromatic heterocycles. The number of hydrogen-bond acceptors (Lipinski definition) is 2. The predicted molar refractivity (Wildman–Crippen MR) is 119 cm³/mol. The Labute approximate surface area is 186 Å². The molecule has 1 saturated heterocycles. The lowest BCUT2D eigenvalue weighted by atomic mass is 9.84. The van der Waals surface area contributed by atoms with E-state index in [1.807, 2.05) is 12.1 Å². The van der Waals surface area contributed by atoms with Crippen LogP contribution in [0, 0.1) is 16.5 Å². The number of ether oxygens (including phenoxy) is 1. The number of nitrogens with two attached hydrogens (primary N) is 1. The number of esters is 1. The molecule has 0 radical (unpaired) electrons. The Hall–Kier alpha value is -0.01000. The van der Waals surface area contributed by atoms with Gasteiger partial charge in [-0.05, 0) is 97.6 Å². The molecular weight excluding hydrogens is 662 g/mol. The van der Waals surface area contributed by atoms with Gasteiger partial charge in [0.25, 0.3) is 0 Å². The molecule has 7 heteroatoms. The van der Waals surface area contributed by atoms with Crippen molar-refractivity contribution in [3.05, 3.63) is 64.1 Å². The van der Waals surface area contributed by atoms with Crippen LogP contribution in [0.15, 0.2) is 36.4 Å². The van der Waals surface area contributed by atoms with Gasteiger partial charge in [-0.2, -0.15) is 0 Å². The van der Waals surface area contributed by atoms with Crippen molar-refractivity contribution >= 4 is 73.7 Å². The Morgan fingerprint density at radius 2 is 1.72 bits per heavy atom. The SMILES string of the molecule is O=C(OC1(c2ccc(F)cc2)CC[NH2+]CC1)c1cc(I)cc(I)c1I. The van der Waals surface area contributed by atoms with Gasteiger partial charge < -0.3 is 10.1 Å². The minimum absolute atomic E-state index is 0.283. The van der Waals surface area contributed by atoms with Crippen molar-refractivity contribution in [3.8, 4) is 0 Å². The quantitative estimate of drug-likeness (QED) is 0.303. The van der Waals surface area contributed by atoms with Crippen LogP contribution >= 0.6 is 67.8 Å². The maximum atomic E-state index is 13.3. The highest BCUT2D eigenvalue weighted by Crippen LogP contribution is 2.35. The second kappa shape index (κ2) is 8.34. The first-order valence-electron chi connectivity index (χ1n) is 7.87. The van der Waals surface area contributed by atoms with Gasteiger partial charge in [0.15, 0.2) is 0 Å². The number of carbonyl (C=O) groups is 1. The first-order chi connectivity index (χ1) is 11.9. The van der Waals surface area contributed by atoms with E-state index in [9.17, 15) is 9.18 Å². The predicted octanol–water partition coefficient (Wildman–Crippen LogP) is 4.05. The molecule has 0 unspecified atom stereocenters. The van der Waals surface area contributed by atoms with E-state index < -0.39 is 5.60 Å². The molecule has 0 atom stereocenters. The van der Waals surface area contributed by atoms with Crippen LogP contribution in [-0.4, -0.2) is 19.1 Å². The number of carbonyl (C=O) groups excluding carboxylic acids is 1. The average molecular weight is 678 g/mol. The van der Waals surface area contributed by atoms with E-state index >= 15 is 0 Å². The highest BCUT2D eigenvalue weighted by Gasteiger charge is 2.40. The Balaban J connectivity index is 1.96. The first kappa shape index (κ1) is 19.7. The summed E-state index contributed by atoms with van der Waals surface area (Å²) in [5.74, 6) is -0.596. The molecule has 1 heterocycles. The second-order valence-electron chi connectivity index (χ2n) is 6.01. The molecule has 3 rings (SSSR count). The summed E-state index contributed by atoms with van der Waals surface area (Å²) in [6, 6.07) is 10.2. The molecule has 3 nitrogen and oxygen atoms in total. The van der Waals surface area contributed by atoms with Gasteiger partial charge in [0.2, 0.25) is 0 Å². The van der Waals surface area contributed by atoms with Gasteiger partial charge in [-0.3, -0.25) is 0 Å². The van der Waals surface area contributed by atoms with E-state index in [0.29, 0.717) is 5.56 Å². The summed E-state index contributed by atoms with van der Waals surface area (Å²) in [5.41, 5.74) is 0.772. The number of hydrogen-bond donors (Lipinski definition) is 1. The largest absolute Gasteiger partial charge is 0.450 e. The third-order valence-electron chi connectivity index (χ3n) is 4.38. The second-order valence-corrected chi connectivity index (χ2v) is 9.49. The average Bonchev–Trinajstić information content (AvgIpc) is 2.59. The fourth-order valence-electron chi connectivity index (χ4n) is 3.08. The van der Waals surface area contributed by atoms with Gasteiger partial charge >= 0.3 is 5.97 Å². The van der Waals surface area contributed by atoms with Crippen LogP contribution in [0.3, 0.4) is 0 Å². The molecule has 132 valence electrons. The van der Waals surface area contributed by atoms with Gasteiger partial charge in [-0.25, -0.2) is 9.18 Å². The summed E-state index contributed by atoms with van der Waals surface area (Å²) in [6.45, 7) is 1.76. The number of quaternary nitrogens is 1. The highest BCUT2D eigenvalue weighted by atomic mass is 127. The Morgan fingerprint density at radius 1 is 1.08 bits per heavy atom. The molecule has 1 fully saturated rings. The lowest BCUT2D eigenvalue weighted by Crippen LogP contribution is -2.87. The molecule has 1 aliphatic rings. The lowest BCUT2D eigenvalue weighted by molar-refractivity contribution is -0.668. The molecule has 0 spiro atoms. The van der Waals surface area contributed by atoms with Crippen LogP contribution in [0.4, 0.5) is 4.39 Å². The summed E-state index contributed by atoms with van der Waals surface area (Å²) in [4.78, 5) is 13.0. The monoisotopic (exact) mass is 678 g/mol. The standard InChI is InChI=1S/C18H15FI3NO2/c19-12-3-1-11(2-4-12)18(5-7-23-8-6-18)25-17(24)14-9-13(20)10-15(21)16(14)22/h1-4,9-10,23H,5-8H2/p+1. The smallest absolute Gasteiger partial charge is 0.340 e. The Morgan fingerprint density at radius 3 is 2.36 bits per heavy atom. The Bertz CT molecular complexity index is 790. The van der Waals surface area contributed by atoms with Crippen LogP contribution in [-0.2, 0) is 10.3 Å². The van der Waals surface area contributed by atoms with E-state index in [2.05, 4.69) is 73.1 Å². The number of piperidine rings is 1. The van der Waals surface area contributed by atoms with Gasteiger partial charge in [-0.15, -0.1) is 0 Å². The van der Waals surface area contributed by atoms with E-state index in [4.69, 9.17) is 4.74 Å². The van der Waals surface area contributed by atoms with Crippen molar-refractivity contribution in [1.82, 2.24) is 0 Å². The van der Waals surface area contributed by atoms with E-state index in [1.54, 1.807) is 12.1 Å². The fourth-order valence-corrected chi connectivity index (χ4v) is 5.46. The number of rotatable bonds is 3. The third-order valence-corrected chi connectivity index (χ3v) is 8.04. The molecule has 2 aromatic carbocycles. The molecular formula is C18H16FI3NO2+. The molecule has 0 bridgehead atoms. The highest BCUT2D eigenvalue weighted by molar-refractivity contribution is 14.1. The van der Waals surface area contributed by atoms with Gasteiger partial charge in [-0.1, -0.05) is 12.1 Å². The minimum atomic E-state index is -0.685. The minimum Gasteiger partial charge on any atom is -0.450 e. The summed E-state index contributed by atoms with van der Waals surface area (Å²) in [5, 5.41) is 2.22. The van der Waals surface area contributed by atoms with Crippen LogP contribution in [0.5, 0.6) is 0 Å². The van der Waals surface area contributed by atoms with Crippen molar-refractivity contribution < 1.29 is 19.2 Å². The molecule has 1 aliphatic heterocycles. The van der Waals surface area contributed by atoms with E-state index in [1.165, 1.54) is 12.1 Å². The molecule has 0 aliphatic carbocycles. The third kappa shape index (κ3) is 4.46. The van der Waals surface area contributed by atoms with Crippen LogP contribution in [0.25, 0.3) is 0 Å². The number of benzene rings is 2. The normalized spacial score (nSPS) is 16.5. The zero-order chi connectivity index (χ0) is 18.0. The molecule has 0 saturated carbocycles. The van der Waals surface area contributed by atoms with Crippen molar-refractivity contribution in [2.24, 2.45) is 0 Å². The van der Waals surface area contributed by atoms with Crippen molar-refractivity contribution in [3.63, 3.8) is 0 Å². The first-order valence-corrected chi connectivity index (χ1v) is 11.1.